The number of hydrogen-bond acceptors (Lipinski definition) is 5. The Morgan fingerprint density at radius 1 is 1.15 bits per heavy atom. The van der Waals surface area contributed by atoms with Gasteiger partial charge in [0.2, 0.25) is 0 Å². The van der Waals surface area contributed by atoms with Crippen molar-refractivity contribution in [3.63, 3.8) is 0 Å². The molecule has 1 N–H and O–H groups in total. The minimum atomic E-state index is -0.352. The molecule has 0 amide bonds. The summed E-state index contributed by atoms with van der Waals surface area (Å²) in [7, 11) is 0. The van der Waals surface area contributed by atoms with Gasteiger partial charge >= 0.3 is 5.97 Å². The Morgan fingerprint density at radius 3 is 2.73 bits per heavy atom. The number of ether oxygens (including phenoxy) is 1. The van der Waals surface area contributed by atoms with Crippen molar-refractivity contribution < 1.29 is 9.53 Å². The summed E-state index contributed by atoms with van der Waals surface area (Å²) in [6.07, 6.45) is 6.12. The first-order chi connectivity index (χ1) is 12.8. The highest BCUT2D eigenvalue weighted by atomic mass is 16.5. The third-order valence-electron chi connectivity index (χ3n) is 3.93. The zero-order valence-corrected chi connectivity index (χ0v) is 14.8. The van der Waals surface area contributed by atoms with E-state index in [1.165, 1.54) is 11.8 Å². The van der Waals surface area contributed by atoms with Crippen LogP contribution in [0.5, 0.6) is 0 Å². The molecule has 0 spiro atoms. The third kappa shape index (κ3) is 4.69. The number of carbonyl (C=O) groups is 1. The Hall–Kier alpha value is -3.15. The first-order valence-electron chi connectivity index (χ1n) is 8.67. The molecule has 0 saturated carbocycles. The SMILES string of the molecule is CCOC(=O)c1ccc(NCCc2nccn2Cc2ccccc2)nc1. The largest absolute Gasteiger partial charge is 0.462 e. The van der Waals surface area contributed by atoms with Crippen LogP contribution in [0.25, 0.3) is 0 Å². The standard InChI is InChI=1S/C20H22N4O2/c1-2-26-20(25)17-8-9-18(23-14-17)21-11-10-19-22-12-13-24(19)15-16-6-4-3-5-7-16/h3-9,12-14H,2,10-11,15H2,1H3,(H,21,23). The number of rotatable bonds is 8. The molecule has 0 atom stereocenters. The van der Waals surface area contributed by atoms with Gasteiger partial charge in [0.15, 0.2) is 0 Å². The van der Waals surface area contributed by atoms with E-state index < -0.39 is 0 Å². The Kier molecular flexibility index (Phi) is 5.98. The van der Waals surface area contributed by atoms with Crippen LogP contribution in [0.1, 0.15) is 28.7 Å². The molecule has 0 aliphatic heterocycles. The summed E-state index contributed by atoms with van der Waals surface area (Å²) in [6, 6.07) is 13.8. The molecule has 1 aromatic carbocycles. The van der Waals surface area contributed by atoms with Gasteiger partial charge in [-0.3, -0.25) is 0 Å². The molecule has 0 radical (unpaired) electrons. The number of anilines is 1. The van der Waals surface area contributed by atoms with E-state index >= 15 is 0 Å². The number of pyridine rings is 1. The topological polar surface area (TPSA) is 69.0 Å². The van der Waals surface area contributed by atoms with Crippen molar-refractivity contribution in [2.75, 3.05) is 18.5 Å². The maximum atomic E-state index is 11.6. The minimum Gasteiger partial charge on any atom is -0.462 e. The molecular weight excluding hydrogens is 328 g/mol. The number of esters is 1. The molecule has 0 bridgehead atoms. The fourth-order valence-corrected chi connectivity index (χ4v) is 2.63. The lowest BCUT2D eigenvalue weighted by molar-refractivity contribution is 0.0526. The number of aromatic nitrogens is 3. The van der Waals surface area contributed by atoms with Crippen LogP contribution in [0.4, 0.5) is 5.82 Å². The molecule has 6 heteroatoms. The monoisotopic (exact) mass is 350 g/mol. The number of nitrogens with one attached hydrogen (secondary N) is 1. The van der Waals surface area contributed by atoms with Gasteiger partial charge in [-0.2, -0.15) is 0 Å². The molecule has 3 rings (SSSR count). The van der Waals surface area contributed by atoms with Crippen molar-refractivity contribution in [3.8, 4) is 0 Å². The fourth-order valence-electron chi connectivity index (χ4n) is 2.63. The summed E-state index contributed by atoms with van der Waals surface area (Å²) in [5.41, 5.74) is 1.70. The van der Waals surface area contributed by atoms with Crippen LogP contribution >= 0.6 is 0 Å². The van der Waals surface area contributed by atoms with E-state index in [4.69, 9.17) is 4.74 Å². The van der Waals surface area contributed by atoms with Crippen LogP contribution in [-0.2, 0) is 17.7 Å². The average molecular weight is 350 g/mol. The molecule has 0 fully saturated rings. The zero-order chi connectivity index (χ0) is 18.2. The van der Waals surface area contributed by atoms with E-state index in [1.807, 2.05) is 30.6 Å². The predicted octanol–water partition coefficient (Wildman–Crippen LogP) is 3.16. The second kappa shape index (κ2) is 8.80. The normalized spacial score (nSPS) is 10.5. The third-order valence-corrected chi connectivity index (χ3v) is 3.93. The van der Waals surface area contributed by atoms with E-state index in [-0.39, 0.29) is 5.97 Å². The maximum Gasteiger partial charge on any atom is 0.339 e. The number of carbonyl (C=O) groups excluding carboxylic acids is 1. The highest BCUT2D eigenvalue weighted by Gasteiger charge is 2.07. The summed E-state index contributed by atoms with van der Waals surface area (Å²) in [5, 5.41) is 3.26. The molecule has 26 heavy (non-hydrogen) atoms. The van der Waals surface area contributed by atoms with Crippen LogP contribution in [-0.4, -0.2) is 33.7 Å². The molecule has 6 nitrogen and oxygen atoms in total. The zero-order valence-electron chi connectivity index (χ0n) is 14.8. The molecule has 0 unspecified atom stereocenters. The Labute approximate surface area is 152 Å². The molecule has 2 heterocycles. The van der Waals surface area contributed by atoms with Gasteiger partial charge in [0, 0.05) is 38.1 Å². The highest BCUT2D eigenvalue weighted by molar-refractivity contribution is 5.89. The van der Waals surface area contributed by atoms with Gasteiger partial charge < -0.3 is 14.6 Å². The van der Waals surface area contributed by atoms with Crippen molar-refractivity contribution in [2.24, 2.45) is 0 Å². The van der Waals surface area contributed by atoms with Crippen molar-refractivity contribution in [1.29, 1.82) is 0 Å². The Balaban J connectivity index is 1.52. The second-order valence-electron chi connectivity index (χ2n) is 5.79. The minimum absolute atomic E-state index is 0.352. The summed E-state index contributed by atoms with van der Waals surface area (Å²) in [6.45, 7) is 3.65. The van der Waals surface area contributed by atoms with Gasteiger partial charge in [-0.15, -0.1) is 0 Å². The number of hydrogen-bond donors (Lipinski definition) is 1. The van der Waals surface area contributed by atoms with Gasteiger partial charge in [-0.25, -0.2) is 14.8 Å². The van der Waals surface area contributed by atoms with E-state index in [1.54, 1.807) is 19.1 Å². The molecular formula is C20H22N4O2. The van der Waals surface area contributed by atoms with Crippen LogP contribution in [0, 0.1) is 0 Å². The lowest BCUT2D eigenvalue weighted by Gasteiger charge is -2.09. The van der Waals surface area contributed by atoms with Crippen molar-refractivity contribution in [2.45, 2.75) is 19.9 Å². The summed E-state index contributed by atoms with van der Waals surface area (Å²) in [5.74, 6) is 1.39. The van der Waals surface area contributed by atoms with Crippen LogP contribution in [0.2, 0.25) is 0 Å². The highest BCUT2D eigenvalue weighted by Crippen LogP contribution is 2.09. The Morgan fingerprint density at radius 2 is 2.00 bits per heavy atom. The molecule has 0 saturated heterocycles. The predicted molar refractivity (Wildman–Crippen MR) is 100 cm³/mol. The fraction of sp³-hybridized carbons (Fsp3) is 0.250. The van der Waals surface area contributed by atoms with Gasteiger partial charge in [0.05, 0.1) is 12.2 Å². The van der Waals surface area contributed by atoms with Crippen molar-refractivity contribution >= 4 is 11.8 Å². The van der Waals surface area contributed by atoms with Gasteiger partial charge in [0.25, 0.3) is 0 Å². The van der Waals surface area contributed by atoms with Crippen molar-refractivity contribution in [3.05, 3.63) is 78.0 Å². The lowest BCUT2D eigenvalue weighted by atomic mass is 10.2. The molecule has 0 aliphatic rings. The molecule has 3 aromatic rings. The Bertz CT molecular complexity index is 829. The van der Waals surface area contributed by atoms with Gasteiger partial charge in [-0.1, -0.05) is 30.3 Å². The number of nitrogens with zero attached hydrogens (tertiary/aromatic N) is 3. The van der Waals surface area contributed by atoms with Crippen LogP contribution < -0.4 is 5.32 Å². The van der Waals surface area contributed by atoms with Crippen molar-refractivity contribution in [1.82, 2.24) is 14.5 Å². The van der Waals surface area contributed by atoms with E-state index in [2.05, 4.69) is 32.0 Å². The summed E-state index contributed by atoms with van der Waals surface area (Å²) in [4.78, 5) is 20.3. The van der Waals surface area contributed by atoms with Crippen LogP contribution in [0.3, 0.4) is 0 Å². The molecule has 0 aliphatic carbocycles. The van der Waals surface area contributed by atoms with E-state index in [0.29, 0.717) is 18.7 Å². The van der Waals surface area contributed by atoms with Gasteiger partial charge in [-0.05, 0) is 24.6 Å². The first-order valence-corrected chi connectivity index (χ1v) is 8.67. The average Bonchev–Trinajstić information content (AvgIpc) is 3.10. The van der Waals surface area contributed by atoms with Crippen LogP contribution in [0.15, 0.2) is 61.1 Å². The number of imidazole rings is 1. The smallest absolute Gasteiger partial charge is 0.339 e. The molecule has 2 aromatic heterocycles. The summed E-state index contributed by atoms with van der Waals surface area (Å²) >= 11 is 0. The molecule has 134 valence electrons. The van der Waals surface area contributed by atoms with E-state index in [9.17, 15) is 4.79 Å². The maximum absolute atomic E-state index is 11.6. The quantitative estimate of drug-likeness (QED) is 0.632. The lowest BCUT2D eigenvalue weighted by Crippen LogP contribution is -2.12. The van der Waals surface area contributed by atoms with E-state index in [0.717, 1.165) is 24.6 Å². The first kappa shape index (κ1) is 17.7. The van der Waals surface area contributed by atoms with Gasteiger partial charge in [0.1, 0.15) is 11.6 Å². The second-order valence-corrected chi connectivity index (χ2v) is 5.79. The summed E-state index contributed by atoms with van der Waals surface area (Å²) < 4.78 is 7.10. The number of benzene rings is 1.